The fraction of sp³-hybridized carbons (Fsp3) is 1.00. The second kappa shape index (κ2) is 4.17. The maximum absolute atomic E-state index is 10.2. The summed E-state index contributed by atoms with van der Waals surface area (Å²) in [5.41, 5.74) is -0.884. The number of piperidine rings is 1. The Morgan fingerprint density at radius 2 is 1.86 bits per heavy atom. The maximum Gasteiger partial charge on any atom is 0.0956 e. The van der Waals surface area contributed by atoms with Crippen molar-refractivity contribution in [1.29, 1.82) is 0 Å². The van der Waals surface area contributed by atoms with Gasteiger partial charge in [-0.25, -0.2) is 0 Å². The monoisotopic (exact) mass is 201 g/mol. The fourth-order valence-electron chi connectivity index (χ4n) is 2.10. The number of hydrogen-bond donors (Lipinski definition) is 2. The molecule has 2 atom stereocenters. The van der Waals surface area contributed by atoms with Gasteiger partial charge in [0.25, 0.3) is 0 Å². The summed E-state index contributed by atoms with van der Waals surface area (Å²) < 4.78 is 0. The van der Waals surface area contributed by atoms with E-state index in [-0.39, 0.29) is 5.92 Å². The summed E-state index contributed by atoms with van der Waals surface area (Å²) in [7, 11) is 0. The van der Waals surface area contributed by atoms with E-state index in [1.54, 1.807) is 0 Å². The third kappa shape index (κ3) is 2.10. The first-order valence-corrected chi connectivity index (χ1v) is 5.52. The average molecular weight is 201 g/mol. The fourth-order valence-corrected chi connectivity index (χ4v) is 2.10. The Balaban J connectivity index is 2.64. The Hall–Kier alpha value is -0.120. The van der Waals surface area contributed by atoms with Gasteiger partial charge in [-0.05, 0) is 26.2 Å². The molecule has 0 aromatic heterocycles. The smallest absolute Gasteiger partial charge is 0.0956 e. The van der Waals surface area contributed by atoms with Gasteiger partial charge in [0.2, 0.25) is 0 Å². The standard InChI is InChI=1S/C11H23NO2/c1-8(2)11(14)5-6-12(9(3)4)7-10(11)13/h8-10,13-14H,5-7H2,1-4H3. The van der Waals surface area contributed by atoms with Gasteiger partial charge in [0.15, 0.2) is 0 Å². The predicted molar refractivity (Wildman–Crippen MR) is 57.1 cm³/mol. The van der Waals surface area contributed by atoms with E-state index in [1.807, 2.05) is 13.8 Å². The van der Waals surface area contributed by atoms with Crippen molar-refractivity contribution >= 4 is 0 Å². The van der Waals surface area contributed by atoms with Crippen LogP contribution in [-0.2, 0) is 0 Å². The lowest BCUT2D eigenvalue weighted by Gasteiger charge is -2.45. The Labute approximate surface area is 86.7 Å². The second-order valence-corrected chi connectivity index (χ2v) is 5.00. The van der Waals surface area contributed by atoms with Crippen LogP contribution in [0.15, 0.2) is 0 Å². The highest BCUT2D eigenvalue weighted by Gasteiger charge is 2.43. The summed E-state index contributed by atoms with van der Waals surface area (Å²) in [6.45, 7) is 9.64. The lowest BCUT2D eigenvalue weighted by Crippen LogP contribution is -2.59. The molecule has 2 N–H and O–H groups in total. The molecule has 1 fully saturated rings. The first-order valence-electron chi connectivity index (χ1n) is 5.52. The summed E-state index contributed by atoms with van der Waals surface area (Å²) in [5, 5.41) is 20.2. The zero-order valence-electron chi connectivity index (χ0n) is 9.70. The first-order chi connectivity index (χ1) is 6.38. The summed E-state index contributed by atoms with van der Waals surface area (Å²) in [6, 6.07) is 0.446. The SMILES string of the molecule is CC(C)N1CCC(O)(C(C)C)C(O)C1. The Morgan fingerprint density at radius 1 is 1.29 bits per heavy atom. The summed E-state index contributed by atoms with van der Waals surface area (Å²) in [6.07, 6.45) is 0.0583. The Bertz CT molecular complexity index is 194. The van der Waals surface area contributed by atoms with Crippen LogP contribution in [0.25, 0.3) is 0 Å². The molecule has 0 aromatic carbocycles. The molecule has 0 amide bonds. The zero-order chi connectivity index (χ0) is 10.9. The first kappa shape index (κ1) is 12.0. The van der Waals surface area contributed by atoms with Gasteiger partial charge in [-0.15, -0.1) is 0 Å². The van der Waals surface area contributed by atoms with Gasteiger partial charge in [0.05, 0.1) is 11.7 Å². The van der Waals surface area contributed by atoms with Crippen LogP contribution in [0.1, 0.15) is 34.1 Å². The Morgan fingerprint density at radius 3 is 2.21 bits per heavy atom. The van der Waals surface area contributed by atoms with E-state index in [0.29, 0.717) is 19.0 Å². The molecule has 0 saturated carbocycles. The van der Waals surface area contributed by atoms with Crippen molar-refractivity contribution in [2.24, 2.45) is 5.92 Å². The number of β-amino-alcohol motifs (C(OH)–C–C–N with tert-alkyl or cyclic N) is 1. The van der Waals surface area contributed by atoms with Crippen LogP contribution < -0.4 is 0 Å². The molecule has 14 heavy (non-hydrogen) atoms. The molecule has 3 nitrogen and oxygen atoms in total. The number of rotatable bonds is 2. The summed E-state index contributed by atoms with van der Waals surface area (Å²) in [5.74, 6) is 0.117. The van der Waals surface area contributed by atoms with E-state index in [4.69, 9.17) is 0 Å². The molecule has 2 unspecified atom stereocenters. The number of hydrogen-bond acceptors (Lipinski definition) is 3. The highest BCUT2D eigenvalue weighted by atomic mass is 16.3. The minimum absolute atomic E-state index is 0.117. The van der Waals surface area contributed by atoms with Crippen molar-refractivity contribution in [3.8, 4) is 0 Å². The van der Waals surface area contributed by atoms with Crippen molar-refractivity contribution < 1.29 is 10.2 Å². The number of nitrogens with zero attached hydrogens (tertiary/aromatic N) is 1. The Kier molecular flexibility index (Phi) is 3.56. The van der Waals surface area contributed by atoms with E-state index in [9.17, 15) is 10.2 Å². The van der Waals surface area contributed by atoms with Crippen LogP contribution >= 0.6 is 0 Å². The molecular formula is C11H23NO2. The molecule has 1 aliphatic rings. The van der Waals surface area contributed by atoms with Crippen LogP contribution in [0.4, 0.5) is 0 Å². The number of aliphatic hydroxyl groups excluding tert-OH is 1. The minimum Gasteiger partial charge on any atom is -0.389 e. The minimum atomic E-state index is -0.884. The van der Waals surface area contributed by atoms with E-state index in [1.165, 1.54) is 0 Å². The number of aliphatic hydroxyl groups is 2. The molecule has 0 aliphatic carbocycles. The topological polar surface area (TPSA) is 43.7 Å². The molecule has 0 bridgehead atoms. The van der Waals surface area contributed by atoms with E-state index in [0.717, 1.165) is 6.54 Å². The molecule has 0 aromatic rings. The van der Waals surface area contributed by atoms with Crippen LogP contribution in [-0.4, -0.2) is 45.9 Å². The highest BCUT2D eigenvalue weighted by Crippen LogP contribution is 2.30. The largest absolute Gasteiger partial charge is 0.389 e. The van der Waals surface area contributed by atoms with Crippen LogP contribution in [0, 0.1) is 5.92 Å². The van der Waals surface area contributed by atoms with Gasteiger partial charge < -0.3 is 10.2 Å². The van der Waals surface area contributed by atoms with Crippen molar-refractivity contribution in [2.75, 3.05) is 13.1 Å². The van der Waals surface area contributed by atoms with E-state index >= 15 is 0 Å². The van der Waals surface area contributed by atoms with Gasteiger partial charge >= 0.3 is 0 Å². The van der Waals surface area contributed by atoms with E-state index in [2.05, 4.69) is 18.7 Å². The lowest BCUT2D eigenvalue weighted by atomic mass is 9.79. The van der Waals surface area contributed by atoms with Gasteiger partial charge in [0.1, 0.15) is 0 Å². The van der Waals surface area contributed by atoms with Crippen molar-refractivity contribution in [1.82, 2.24) is 4.90 Å². The lowest BCUT2D eigenvalue weighted by molar-refractivity contribution is -0.147. The van der Waals surface area contributed by atoms with E-state index < -0.39 is 11.7 Å². The van der Waals surface area contributed by atoms with Gasteiger partial charge in [-0.1, -0.05) is 13.8 Å². The maximum atomic E-state index is 10.2. The molecular weight excluding hydrogens is 178 g/mol. The van der Waals surface area contributed by atoms with Gasteiger partial charge in [0, 0.05) is 19.1 Å². The quantitative estimate of drug-likeness (QED) is 0.696. The molecule has 1 aliphatic heterocycles. The molecule has 84 valence electrons. The third-order valence-corrected chi connectivity index (χ3v) is 3.51. The molecule has 1 heterocycles. The summed E-state index contributed by atoms with van der Waals surface area (Å²) in [4.78, 5) is 2.21. The van der Waals surface area contributed by atoms with Crippen molar-refractivity contribution in [3.63, 3.8) is 0 Å². The average Bonchev–Trinajstić information content (AvgIpc) is 2.09. The van der Waals surface area contributed by atoms with Crippen molar-refractivity contribution in [2.45, 2.75) is 51.9 Å². The highest BCUT2D eigenvalue weighted by molar-refractivity contribution is 4.96. The second-order valence-electron chi connectivity index (χ2n) is 5.00. The molecule has 0 radical (unpaired) electrons. The molecule has 0 spiro atoms. The van der Waals surface area contributed by atoms with Gasteiger partial charge in [-0.2, -0.15) is 0 Å². The van der Waals surface area contributed by atoms with Crippen LogP contribution in [0.2, 0.25) is 0 Å². The normalized spacial score (nSPS) is 35.6. The van der Waals surface area contributed by atoms with Crippen LogP contribution in [0.3, 0.4) is 0 Å². The summed E-state index contributed by atoms with van der Waals surface area (Å²) >= 11 is 0. The van der Waals surface area contributed by atoms with Crippen LogP contribution in [0.5, 0.6) is 0 Å². The zero-order valence-corrected chi connectivity index (χ0v) is 9.70. The molecule has 1 rings (SSSR count). The third-order valence-electron chi connectivity index (χ3n) is 3.51. The predicted octanol–water partition coefficient (Wildman–Crippen LogP) is 0.849. The number of likely N-dealkylation sites (tertiary alicyclic amines) is 1. The van der Waals surface area contributed by atoms with Gasteiger partial charge in [-0.3, -0.25) is 4.90 Å². The molecule has 1 saturated heterocycles. The molecule has 3 heteroatoms. The van der Waals surface area contributed by atoms with Crippen molar-refractivity contribution in [3.05, 3.63) is 0 Å².